The molecule has 107 heavy (non-hydrogen) atoms. The molecule has 22 aromatic rings. The van der Waals surface area contributed by atoms with E-state index in [2.05, 4.69) is 371 Å². The van der Waals surface area contributed by atoms with Gasteiger partial charge >= 0.3 is 0 Å². The van der Waals surface area contributed by atoms with Crippen molar-refractivity contribution in [2.24, 2.45) is 0 Å². The highest BCUT2D eigenvalue weighted by Gasteiger charge is 2.25. The van der Waals surface area contributed by atoms with Gasteiger partial charge in [0.15, 0.2) is 0 Å². The molecule has 0 atom stereocenters. The topological polar surface area (TPSA) is 27.3 Å². The summed E-state index contributed by atoms with van der Waals surface area (Å²) >= 11 is 12.7. The van der Waals surface area contributed by atoms with Crippen LogP contribution in [0.4, 0.5) is 45.5 Å². The van der Waals surface area contributed by atoms with Crippen LogP contribution in [0.1, 0.15) is 11.1 Å². The highest BCUT2D eigenvalue weighted by atomic mass is 35.5. The number of halogens is 2. The lowest BCUT2D eigenvalue weighted by Gasteiger charge is -2.26. The van der Waals surface area contributed by atoms with Crippen molar-refractivity contribution in [1.29, 1.82) is 0 Å². The van der Waals surface area contributed by atoms with Crippen LogP contribution in [0.5, 0.6) is 0 Å². The maximum absolute atomic E-state index is 6.35. The Labute approximate surface area is 628 Å². The second-order valence-electron chi connectivity index (χ2n) is 28.2. The van der Waals surface area contributed by atoms with Crippen molar-refractivity contribution in [3.8, 4) is 11.1 Å². The van der Waals surface area contributed by atoms with E-state index in [0.29, 0.717) is 0 Å². The Hall–Kier alpha value is -13.2. The van der Waals surface area contributed by atoms with E-state index in [9.17, 15) is 0 Å². The van der Waals surface area contributed by atoms with Crippen LogP contribution in [0.3, 0.4) is 0 Å². The lowest BCUT2D eigenvalue weighted by atomic mass is 9.97. The zero-order chi connectivity index (χ0) is 71.4. The monoisotopic (exact) mass is 1410 g/mol. The van der Waals surface area contributed by atoms with Gasteiger partial charge in [0.1, 0.15) is 0 Å². The van der Waals surface area contributed by atoms with E-state index in [1.807, 2.05) is 30.3 Å². The molecule has 0 aliphatic carbocycles. The Kier molecular flexibility index (Phi) is 15.4. The Bertz CT molecular complexity index is 7210. The Balaban J connectivity index is 0.000000142. The number of para-hydroxylation sites is 3. The number of nitrogens with zero attached hydrogens (tertiary/aromatic N) is 4. The van der Waals surface area contributed by atoms with Crippen molar-refractivity contribution >= 4 is 199 Å². The third kappa shape index (κ3) is 11.1. The first kappa shape index (κ1) is 63.5. The summed E-state index contributed by atoms with van der Waals surface area (Å²) in [7, 11) is 0. The van der Waals surface area contributed by atoms with E-state index >= 15 is 0 Å². The molecule has 22 rings (SSSR count). The van der Waals surface area contributed by atoms with Gasteiger partial charge in [0.25, 0.3) is 0 Å². The summed E-state index contributed by atoms with van der Waals surface area (Å²) in [5.41, 5.74) is 21.1. The average molecular weight is 1410 g/mol. The highest BCUT2D eigenvalue weighted by Crippen LogP contribution is 2.49. The fourth-order valence-electron chi connectivity index (χ4n) is 16.6. The summed E-state index contributed by atoms with van der Waals surface area (Å²) in [6.07, 6.45) is 0. The fraction of sp³-hybridized carbons (Fsp3) is 0.0200. The molecule has 5 nitrogen and oxygen atoms in total. The molecule has 0 spiro atoms. The van der Waals surface area contributed by atoms with Gasteiger partial charge in [-0.2, -0.15) is 0 Å². The zero-order valence-electron chi connectivity index (χ0n) is 58.7. The fourth-order valence-corrected chi connectivity index (χ4v) is 16.9. The second-order valence-corrected chi connectivity index (χ2v) is 29.0. The maximum atomic E-state index is 6.35. The van der Waals surface area contributed by atoms with Crippen LogP contribution < -0.4 is 15.1 Å². The molecule has 0 bridgehead atoms. The normalized spacial score (nSPS) is 11.7. The molecule has 0 amide bonds. The van der Waals surface area contributed by atoms with E-state index in [-0.39, 0.29) is 0 Å². The summed E-state index contributed by atoms with van der Waals surface area (Å²) in [5, 5.41) is 27.3. The van der Waals surface area contributed by atoms with Crippen LogP contribution >= 0.6 is 23.2 Å². The molecule has 0 aliphatic rings. The summed E-state index contributed by atoms with van der Waals surface area (Å²) in [6.45, 7) is 4.29. The number of fused-ring (bicyclic) bond motifs is 19. The molecule has 0 saturated carbocycles. The standard InChI is InChI=1S/C61H41N3.C23H13Cl2N.C16H13N/c1-40-20-22-43(23-21-40)46-27-33-58-57(36-46)60-55-38-52(62(48-16-4-2-5-17-48)50-28-24-41-12-8-10-14-44(41)34-50)30-26-47(55)37-56-54-32-31-53(39-59(54)64(58)61(56)60)63(49-18-6-3-7-19-49)51-29-25-42-13-9-11-15-45(42)35-51;1-12-2-7-20-19(8-12)22-17-10-14(24)4-3-13(17)9-18-16-6-5-15(25)11-21(16)26(20)23(18)22;1-2-8-15(9-3-1)17-16-11-10-13-6-4-5-7-14(13)12-16/h2-39H,1H3;2-11H,1H3;1-12,17H. The van der Waals surface area contributed by atoms with E-state index < -0.39 is 0 Å². The van der Waals surface area contributed by atoms with Crippen molar-refractivity contribution in [3.63, 3.8) is 0 Å². The molecule has 0 aliphatic heterocycles. The number of hydrogen-bond acceptors (Lipinski definition) is 3. The summed E-state index contributed by atoms with van der Waals surface area (Å²) in [6, 6.07) is 131. The first-order chi connectivity index (χ1) is 52.7. The number of rotatable bonds is 9. The SMILES string of the molecule is Cc1ccc(-c2ccc3c(c2)c2c4cc(N(c5ccccc5)c5ccc6ccccc6c5)ccc4cc4c5ccc(N(c6ccccc6)c6ccc7ccccc7c6)cc5n3c42)cc1.Cc1ccc2c(c1)c1c3cc(Cl)ccc3cc3c4ccc(Cl)cc4n2c31.c1ccc(Nc2ccc3ccccc3c2)cc1. The lowest BCUT2D eigenvalue weighted by Crippen LogP contribution is -2.09. The third-order valence-corrected chi connectivity index (χ3v) is 22.0. The van der Waals surface area contributed by atoms with Gasteiger partial charge in [-0.3, -0.25) is 0 Å². The van der Waals surface area contributed by atoms with Crippen molar-refractivity contribution in [2.45, 2.75) is 13.8 Å². The van der Waals surface area contributed by atoms with Gasteiger partial charge in [0.2, 0.25) is 0 Å². The molecule has 0 radical (unpaired) electrons. The molecule has 0 unspecified atom stereocenters. The zero-order valence-corrected chi connectivity index (χ0v) is 60.2. The molecule has 7 heteroatoms. The van der Waals surface area contributed by atoms with Gasteiger partial charge in [0.05, 0.1) is 33.1 Å². The molecule has 1 N–H and O–H groups in total. The Morgan fingerprint density at radius 2 is 0.654 bits per heavy atom. The largest absolute Gasteiger partial charge is 0.356 e. The summed E-state index contributed by atoms with van der Waals surface area (Å²) in [5.74, 6) is 0. The first-order valence-electron chi connectivity index (χ1n) is 36.4. The second kappa shape index (κ2) is 25.9. The minimum atomic E-state index is 0.756. The average Bonchev–Trinajstić information content (AvgIpc) is 1.54. The lowest BCUT2D eigenvalue weighted by molar-refractivity contribution is 1.28. The van der Waals surface area contributed by atoms with Crippen LogP contribution in [0, 0.1) is 13.8 Å². The van der Waals surface area contributed by atoms with Gasteiger partial charge in [-0.1, -0.05) is 241 Å². The van der Waals surface area contributed by atoms with Crippen LogP contribution in [-0.4, -0.2) is 8.80 Å². The minimum absolute atomic E-state index is 0.756. The third-order valence-electron chi connectivity index (χ3n) is 21.5. The number of aromatic nitrogens is 2. The predicted molar refractivity (Wildman–Crippen MR) is 460 cm³/mol. The van der Waals surface area contributed by atoms with Gasteiger partial charge in [-0.05, 0) is 237 Å². The maximum Gasteiger partial charge on any atom is 0.0627 e. The molecule has 0 fully saturated rings. The van der Waals surface area contributed by atoms with Crippen LogP contribution in [0.15, 0.2) is 364 Å². The van der Waals surface area contributed by atoms with E-state index in [1.165, 1.54) is 147 Å². The Morgan fingerprint density at radius 3 is 1.25 bits per heavy atom. The van der Waals surface area contributed by atoms with Crippen LogP contribution in [0.2, 0.25) is 10.0 Å². The Morgan fingerprint density at radius 1 is 0.234 bits per heavy atom. The van der Waals surface area contributed by atoms with E-state index in [4.69, 9.17) is 23.2 Å². The molecular weight excluding hydrogens is 1340 g/mol. The number of aryl methyl sites for hydroxylation is 2. The smallest absolute Gasteiger partial charge is 0.0627 e. The van der Waals surface area contributed by atoms with Crippen molar-refractivity contribution in [2.75, 3.05) is 15.1 Å². The number of hydrogen-bond donors (Lipinski definition) is 1. The summed E-state index contributed by atoms with van der Waals surface area (Å²) < 4.78 is 4.88. The molecule has 0 saturated heterocycles. The summed E-state index contributed by atoms with van der Waals surface area (Å²) in [4.78, 5) is 4.79. The molecular formula is C100H67Cl2N5. The van der Waals surface area contributed by atoms with Crippen molar-refractivity contribution in [3.05, 3.63) is 385 Å². The highest BCUT2D eigenvalue weighted by molar-refractivity contribution is 6.37. The van der Waals surface area contributed by atoms with Crippen LogP contribution in [0.25, 0.3) is 141 Å². The van der Waals surface area contributed by atoms with E-state index in [0.717, 1.165) is 61.1 Å². The van der Waals surface area contributed by atoms with E-state index in [1.54, 1.807) is 0 Å². The van der Waals surface area contributed by atoms with Crippen molar-refractivity contribution < 1.29 is 0 Å². The van der Waals surface area contributed by atoms with Gasteiger partial charge in [-0.15, -0.1) is 0 Å². The van der Waals surface area contributed by atoms with Gasteiger partial charge in [-0.25, -0.2) is 0 Å². The van der Waals surface area contributed by atoms with Gasteiger partial charge < -0.3 is 23.9 Å². The number of nitrogens with one attached hydrogen (secondary N) is 1. The molecule has 4 heterocycles. The number of anilines is 8. The minimum Gasteiger partial charge on any atom is -0.356 e. The quantitative estimate of drug-likeness (QED) is 0.156. The number of benzene rings is 18. The molecule has 506 valence electrons. The molecule has 4 aromatic heterocycles. The van der Waals surface area contributed by atoms with Crippen LogP contribution in [-0.2, 0) is 0 Å². The van der Waals surface area contributed by atoms with Crippen molar-refractivity contribution in [1.82, 2.24) is 8.80 Å². The predicted octanol–water partition coefficient (Wildman–Crippen LogP) is 29.4. The van der Waals surface area contributed by atoms with Gasteiger partial charge in [0, 0.05) is 98.6 Å². The first-order valence-corrected chi connectivity index (χ1v) is 37.1. The molecule has 18 aromatic carbocycles.